The van der Waals surface area contributed by atoms with Crippen LogP contribution in [0, 0.1) is 18.6 Å². The summed E-state index contributed by atoms with van der Waals surface area (Å²) in [7, 11) is 2.08. The van der Waals surface area contributed by atoms with Crippen LogP contribution in [0.5, 0.6) is 6.01 Å². The number of nitrogens with two attached hydrogens (primary N) is 1. The molecular formula is C28H30ClF2N7OS. The van der Waals surface area contributed by atoms with E-state index in [4.69, 9.17) is 27.1 Å². The van der Waals surface area contributed by atoms with Gasteiger partial charge in [0.25, 0.3) is 0 Å². The second-order valence-electron chi connectivity index (χ2n) is 11.2. The van der Waals surface area contributed by atoms with Gasteiger partial charge in [0.2, 0.25) is 0 Å². The zero-order valence-electron chi connectivity index (χ0n) is 22.3. The minimum atomic E-state index is -0.616. The molecular weight excluding hydrogens is 556 g/mol. The summed E-state index contributed by atoms with van der Waals surface area (Å²) >= 11 is 7.86. The first-order valence-electron chi connectivity index (χ1n) is 13.7. The molecule has 7 rings (SSSR count). The number of thiazole rings is 1. The molecule has 0 radical (unpaired) electrons. The Kier molecular flexibility index (Phi) is 6.45. The van der Waals surface area contributed by atoms with Crippen molar-refractivity contribution in [1.29, 1.82) is 0 Å². The van der Waals surface area contributed by atoms with E-state index in [-0.39, 0.29) is 43.5 Å². The van der Waals surface area contributed by atoms with Gasteiger partial charge in [0, 0.05) is 47.7 Å². The van der Waals surface area contributed by atoms with Gasteiger partial charge in [0.1, 0.15) is 23.8 Å². The van der Waals surface area contributed by atoms with Gasteiger partial charge in [0.05, 0.1) is 15.2 Å². The fourth-order valence-electron chi connectivity index (χ4n) is 6.52. The molecule has 40 heavy (non-hydrogen) atoms. The van der Waals surface area contributed by atoms with Crippen LogP contribution in [0.1, 0.15) is 31.2 Å². The summed E-state index contributed by atoms with van der Waals surface area (Å²) in [4.78, 5) is 18.2. The highest BCUT2D eigenvalue weighted by atomic mass is 35.5. The molecule has 3 atom stereocenters. The maximum Gasteiger partial charge on any atom is 0.319 e. The van der Waals surface area contributed by atoms with E-state index in [1.165, 1.54) is 6.07 Å². The van der Waals surface area contributed by atoms with Gasteiger partial charge in [-0.3, -0.25) is 0 Å². The first kappa shape index (κ1) is 26.1. The lowest BCUT2D eigenvalue weighted by molar-refractivity contribution is 0.188. The number of nitrogens with zero attached hydrogens (tertiary/aromatic N) is 5. The number of nitrogen functional groups attached to an aromatic ring is 1. The average molecular weight is 586 g/mol. The zero-order chi connectivity index (χ0) is 27.7. The standard InChI is InChI=1S/C28H30ClF2N7OS/c1-13-8-19(30)25-24(34-27(32)40-25)20(13)21-18(29)9-17-23(22(21)31)35-28(39-12-16-4-3-7-37(16)2)36-26(17)38-10-14-5-6-15(11-38)33-14/h8-9,14-16,33H,3-7,10-12H2,1-2H3,(H2,32,34)/t14?,15?,16-/m0/s1. The Labute approximate surface area is 239 Å². The number of rotatable bonds is 5. The number of nitrogens with one attached hydrogen (secondary N) is 1. The summed E-state index contributed by atoms with van der Waals surface area (Å²) in [5.74, 6) is -0.452. The van der Waals surface area contributed by atoms with E-state index in [1.54, 1.807) is 13.0 Å². The third-order valence-corrected chi connectivity index (χ3v) is 9.71. The van der Waals surface area contributed by atoms with Crippen LogP contribution in [0.3, 0.4) is 0 Å². The lowest BCUT2D eigenvalue weighted by Gasteiger charge is -2.34. The maximum atomic E-state index is 16.7. The molecule has 210 valence electrons. The molecule has 3 fully saturated rings. The van der Waals surface area contributed by atoms with Crippen molar-refractivity contribution in [3.8, 4) is 17.1 Å². The van der Waals surface area contributed by atoms with Gasteiger partial charge in [-0.25, -0.2) is 13.8 Å². The molecule has 2 unspecified atom stereocenters. The van der Waals surface area contributed by atoms with E-state index in [0.29, 0.717) is 41.0 Å². The molecule has 2 aromatic heterocycles. The van der Waals surface area contributed by atoms with Crippen LogP contribution < -0.4 is 20.7 Å². The molecule has 0 spiro atoms. The monoisotopic (exact) mass is 585 g/mol. The summed E-state index contributed by atoms with van der Waals surface area (Å²) in [5.41, 5.74) is 7.36. The third kappa shape index (κ3) is 4.34. The Morgan fingerprint density at radius 2 is 1.88 bits per heavy atom. The quantitative estimate of drug-likeness (QED) is 0.333. The van der Waals surface area contributed by atoms with Gasteiger partial charge in [-0.1, -0.05) is 22.9 Å². The molecule has 0 aliphatic carbocycles. The Morgan fingerprint density at radius 1 is 1.10 bits per heavy atom. The number of likely N-dealkylation sites (tertiary alicyclic amines) is 1. The Balaban J connectivity index is 1.40. The van der Waals surface area contributed by atoms with Crippen molar-refractivity contribution >= 4 is 55.0 Å². The summed E-state index contributed by atoms with van der Waals surface area (Å²) < 4.78 is 37.9. The molecule has 2 aromatic carbocycles. The number of hydrogen-bond donors (Lipinski definition) is 2. The van der Waals surface area contributed by atoms with E-state index in [0.717, 1.165) is 56.7 Å². The van der Waals surface area contributed by atoms with Crippen LogP contribution in [-0.2, 0) is 0 Å². The zero-order valence-corrected chi connectivity index (χ0v) is 23.9. The third-order valence-electron chi connectivity index (χ3n) is 8.52. The first-order chi connectivity index (χ1) is 19.3. The second kappa shape index (κ2) is 9.90. The molecule has 3 aliphatic rings. The molecule has 4 aromatic rings. The highest BCUT2D eigenvalue weighted by Gasteiger charge is 2.35. The van der Waals surface area contributed by atoms with Gasteiger partial charge >= 0.3 is 6.01 Å². The minimum Gasteiger partial charge on any atom is -0.462 e. The summed E-state index contributed by atoms with van der Waals surface area (Å²) in [6, 6.07) is 4.18. The Hall–Kier alpha value is -2.86. The van der Waals surface area contributed by atoms with Crippen molar-refractivity contribution < 1.29 is 13.5 Å². The van der Waals surface area contributed by atoms with E-state index < -0.39 is 11.6 Å². The smallest absolute Gasteiger partial charge is 0.319 e. The largest absolute Gasteiger partial charge is 0.462 e. The fraction of sp³-hybridized carbons (Fsp3) is 0.464. The molecule has 0 saturated carbocycles. The number of likely N-dealkylation sites (N-methyl/N-ethyl adjacent to an activating group) is 1. The van der Waals surface area contributed by atoms with E-state index >= 15 is 4.39 Å². The van der Waals surface area contributed by atoms with Crippen LogP contribution in [-0.4, -0.2) is 71.3 Å². The van der Waals surface area contributed by atoms with Crippen molar-refractivity contribution in [2.45, 2.75) is 50.7 Å². The van der Waals surface area contributed by atoms with Gasteiger partial charge in [-0.05, 0) is 63.9 Å². The van der Waals surface area contributed by atoms with Crippen molar-refractivity contribution in [2.24, 2.45) is 0 Å². The molecule has 3 aliphatic heterocycles. The second-order valence-corrected chi connectivity index (χ2v) is 12.6. The van der Waals surface area contributed by atoms with Gasteiger partial charge in [0.15, 0.2) is 10.9 Å². The van der Waals surface area contributed by atoms with Crippen molar-refractivity contribution in [1.82, 2.24) is 25.2 Å². The van der Waals surface area contributed by atoms with E-state index in [1.807, 2.05) is 0 Å². The topological polar surface area (TPSA) is 92.4 Å². The number of anilines is 2. The number of fused-ring (bicyclic) bond motifs is 4. The number of ether oxygens (including phenoxy) is 1. The van der Waals surface area contributed by atoms with Gasteiger partial charge in [-0.2, -0.15) is 9.97 Å². The number of piperazine rings is 1. The summed E-state index contributed by atoms with van der Waals surface area (Å²) in [6.45, 7) is 4.66. The SMILES string of the molecule is Cc1cc(F)c2sc(N)nc2c1-c1c(Cl)cc2c(N3CC4CCC(C3)N4)nc(OC[C@@H]3CCCN3C)nc2c1F. The predicted molar refractivity (Wildman–Crippen MR) is 156 cm³/mol. The molecule has 3 saturated heterocycles. The molecule has 5 heterocycles. The summed E-state index contributed by atoms with van der Waals surface area (Å²) in [6.07, 6.45) is 4.33. The van der Waals surface area contributed by atoms with Gasteiger partial charge < -0.3 is 25.6 Å². The predicted octanol–water partition coefficient (Wildman–Crippen LogP) is 5.14. The lowest BCUT2D eigenvalue weighted by atomic mass is 9.97. The maximum absolute atomic E-state index is 16.7. The summed E-state index contributed by atoms with van der Waals surface area (Å²) in [5, 5.41) is 4.53. The minimum absolute atomic E-state index is 0.116. The first-order valence-corrected chi connectivity index (χ1v) is 14.9. The molecule has 0 amide bonds. The van der Waals surface area contributed by atoms with Crippen molar-refractivity contribution in [2.75, 3.05) is 43.9 Å². The Bertz CT molecular complexity index is 1640. The lowest BCUT2D eigenvalue weighted by Crippen LogP contribution is -2.51. The number of aryl methyl sites for hydroxylation is 1. The highest BCUT2D eigenvalue weighted by Crippen LogP contribution is 2.44. The number of aromatic nitrogens is 3. The van der Waals surface area contributed by atoms with Crippen LogP contribution in [0.15, 0.2) is 12.1 Å². The van der Waals surface area contributed by atoms with E-state index in [2.05, 4.69) is 32.1 Å². The average Bonchev–Trinajstić information content (AvgIpc) is 3.62. The van der Waals surface area contributed by atoms with E-state index in [9.17, 15) is 4.39 Å². The van der Waals surface area contributed by atoms with Gasteiger partial charge in [-0.15, -0.1) is 0 Å². The Morgan fingerprint density at radius 3 is 2.60 bits per heavy atom. The van der Waals surface area contributed by atoms with Crippen LogP contribution >= 0.6 is 22.9 Å². The van der Waals surface area contributed by atoms with Crippen LogP contribution in [0.4, 0.5) is 19.7 Å². The molecule has 12 heteroatoms. The number of hydrogen-bond acceptors (Lipinski definition) is 9. The molecule has 2 bridgehead atoms. The number of halogens is 3. The molecule has 8 nitrogen and oxygen atoms in total. The van der Waals surface area contributed by atoms with Crippen molar-refractivity contribution in [3.63, 3.8) is 0 Å². The van der Waals surface area contributed by atoms with Crippen LogP contribution in [0.25, 0.3) is 32.2 Å². The molecule has 3 N–H and O–H groups in total. The van der Waals surface area contributed by atoms with Crippen molar-refractivity contribution in [3.05, 3.63) is 34.4 Å². The fourth-order valence-corrected chi connectivity index (χ4v) is 7.56. The normalized spacial score (nSPS) is 23.1. The number of benzene rings is 2. The van der Waals surface area contributed by atoms with Crippen LogP contribution in [0.2, 0.25) is 5.02 Å². The highest BCUT2D eigenvalue weighted by molar-refractivity contribution is 7.22.